The molecule has 0 bridgehead atoms. The first-order chi connectivity index (χ1) is 11.5. The number of carbonyl (C=O) groups is 1. The van der Waals surface area contributed by atoms with E-state index < -0.39 is 0 Å². The van der Waals surface area contributed by atoms with Gasteiger partial charge in [0, 0.05) is 18.5 Å². The average molecular weight is 323 g/mol. The van der Waals surface area contributed by atoms with Crippen molar-refractivity contribution in [3.63, 3.8) is 0 Å². The number of hydrogen-bond acceptors (Lipinski definition) is 5. The van der Waals surface area contributed by atoms with Crippen LogP contribution in [0.3, 0.4) is 0 Å². The highest BCUT2D eigenvalue weighted by molar-refractivity contribution is 6.12. The lowest BCUT2D eigenvalue weighted by Gasteiger charge is -2.15. The molecule has 0 saturated carbocycles. The molecule has 1 amide bonds. The van der Waals surface area contributed by atoms with E-state index in [1.807, 2.05) is 19.9 Å². The number of aryl methyl sites for hydroxylation is 1. The fraction of sp³-hybridized carbons (Fsp3) is 0.235. The molecule has 1 aliphatic rings. The van der Waals surface area contributed by atoms with Crippen LogP contribution in [0.15, 0.2) is 18.5 Å². The largest absolute Gasteiger partial charge is 0.508 e. The molecule has 3 heterocycles. The van der Waals surface area contributed by atoms with Crippen LogP contribution in [0.2, 0.25) is 0 Å². The summed E-state index contributed by atoms with van der Waals surface area (Å²) in [6.07, 6.45) is 2.11. The van der Waals surface area contributed by atoms with Gasteiger partial charge in [-0.05, 0) is 25.5 Å². The number of anilines is 1. The van der Waals surface area contributed by atoms with E-state index in [9.17, 15) is 9.90 Å². The molecule has 1 aromatic carbocycles. The second-order valence-corrected chi connectivity index (χ2v) is 6.00. The number of phenols is 1. The summed E-state index contributed by atoms with van der Waals surface area (Å²) in [5, 5.41) is 13.6. The van der Waals surface area contributed by atoms with Gasteiger partial charge < -0.3 is 16.2 Å². The van der Waals surface area contributed by atoms with Gasteiger partial charge >= 0.3 is 0 Å². The lowest BCUT2D eigenvalue weighted by Crippen LogP contribution is -2.24. The van der Waals surface area contributed by atoms with Gasteiger partial charge in [0.2, 0.25) is 0 Å². The molecule has 2 aromatic heterocycles. The van der Waals surface area contributed by atoms with Gasteiger partial charge in [0.05, 0.1) is 22.3 Å². The number of aromatic hydroxyl groups is 1. The molecule has 7 heteroatoms. The average Bonchev–Trinajstić information content (AvgIpc) is 2.73. The van der Waals surface area contributed by atoms with Crippen LogP contribution in [0.1, 0.15) is 27.2 Å². The molecule has 0 spiro atoms. The van der Waals surface area contributed by atoms with E-state index in [1.54, 1.807) is 10.6 Å². The lowest BCUT2D eigenvalue weighted by atomic mass is 10.1. The Morgan fingerprint density at radius 2 is 2.08 bits per heavy atom. The predicted octanol–water partition coefficient (Wildman–Crippen LogP) is 1.61. The maximum absolute atomic E-state index is 12.5. The Morgan fingerprint density at radius 1 is 1.29 bits per heavy atom. The Balaban J connectivity index is 2.19. The first-order valence-corrected chi connectivity index (χ1v) is 7.72. The first kappa shape index (κ1) is 14.5. The minimum Gasteiger partial charge on any atom is -0.508 e. The Morgan fingerprint density at radius 3 is 2.88 bits per heavy atom. The van der Waals surface area contributed by atoms with Crippen LogP contribution in [-0.2, 0) is 6.42 Å². The van der Waals surface area contributed by atoms with Gasteiger partial charge in [-0.2, -0.15) is 0 Å². The molecule has 0 radical (unpaired) electrons. The number of nitrogen functional groups attached to an aromatic ring is 1. The molecule has 7 nitrogen and oxygen atoms in total. The summed E-state index contributed by atoms with van der Waals surface area (Å²) < 4.78 is 1.74. The molecular weight excluding hydrogens is 306 g/mol. The number of benzene rings is 1. The number of nitrogens with zero attached hydrogens (tertiary/aromatic N) is 3. The highest BCUT2D eigenvalue weighted by Crippen LogP contribution is 2.36. The zero-order valence-corrected chi connectivity index (χ0v) is 13.4. The summed E-state index contributed by atoms with van der Waals surface area (Å²) in [4.78, 5) is 21.2. The van der Waals surface area contributed by atoms with Crippen molar-refractivity contribution in [3.8, 4) is 11.4 Å². The second-order valence-electron chi connectivity index (χ2n) is 6.00. The van der Waals surface area contributed by atoms with E-state index in [0.29, 0.717) is 40.9 Å². The van der Waals surface area contributed by atoms with Crippen molar-refractivity contribution >= 4 is 22.8 Å². The Kier molecular flexibility index (Phi) is 2.99. The third-order valence-corrected chi connectivity index (χ3v) is 4.57. The molecule has 0 saturated heterocycles. The lowest BCUT2D eigenvalue weighted by molar-refractivity contribution is 0.0958. The Hall–Kier alpha value is -3.09. The van der Waals surface area contributed by atoms with Crippen molar-refractivity contribution in [1.82, 2.24) is 19.9 Å². The molecular formula is C17H17N5O2. The van der Waals surface area contributed by atoms with Gasteiger partial charge in [-0.25, -0.2) is 9.97 Å². The molecule has 0 aliphatic carbocycles. The van der Waals surface area contributed by atoms with Gasteiger partial charge in [0.1, 0.15) is 17.9 Å². The van der Waals surface area contributed by atoms with Crippen molar-refractivity contribution in [2.45, 2.75) is 20.3 Å². The molecule has 4 N–H and O–H groups in total. The van der Waals surface area contributed by atoms with Crippen LogP contribution in [0, 0.1) is 13.8 Å². The topological polar surface area (TPSA) is 106 Å². The molecule has 24 heavy (non-hydrogen) atoms. The monoisotopic (exact) mass is 323 g/mol. The Bertz CT molecular complexity index is 1010. The van der Waals surface area contributed by atoms with E-state index >= 15 is 0 Å². The van der Waals surface area contributed by atoms with Crippen LogP contribution in [0.4, 0.5) is 5.82 Å². The van der Waals surface area contributed by atoms with Crippen LogP contribution >= 0.6 is 0 Å². The van der Waals surface area contributed by atoms with Gasteiger partial charge in [0.25, 0.3) is 5.91 Å². The highest BCUT2D eigenvalue weighted by atomic mass is 16.3. The van der Waals surface area contributed by atoms with Crippen LogP contribution < -0.4 is 11.1 Å². The van der Waals surface area contributed by atoms with Gasteiger partial charge in [-0.15, -0.1) is 0 Å². The quantitative estimate of drug-likeness (QED) is 0.631. The predicted molar refractivity (Wildman–Crippen MR) is 90.5 cm³/mol. The smallest absolute Gasteiger partial charge is 0.255 e. The van der Waals surface area contributed by atoms with E-state index in [0.717, 1.165) is 16.9 Å². The maximum atomic E-state index is 12.5. The molecule has 4 rings (SSSR count). The fourth-order valence-corrected chi connectivity index (χ4v) is 3.39. The zero-order chi connectivity index (χ0) is 17.0. The van der Waals surface area contributed by atoms with Crippen LogP contribution in [0.25, 0.3) is 16.7 Å². The number of carbonyl (C=O) groups excluding carboxylic acids is 1. The maximum Gasteiger partial charge on any atom is 0.255 e. The van der Waals surface area contributed by atoms with Gasteiger partial charge in [-0.1, -0.05) is 6.07 Å². The number of amides is 1. The van der Waals surface area contributed by atoms with Gasteiger partial charge in [0.15, 0.2) is 5.65 Å². The number of nitrogens with one attached hydrogen (secondary N) is 1. The molecule has 1 aliphatic heterocycles. The first-order valence-electron chi connectivity index (χ1n) is 7.72. The zero-order valence-electron chi connectivity index (χ0n) is 13.4. The summed E-state index contributed by atoms with van der Waals surface area (Å²) in [6.45, 7) is 4.26. The Labute approximate surface area is 138 Å². The van der Waals surface area contributed by atoms with Crippen molar-refractivity contribution in [2.24, 2.45) is 0 Å². The van der Waals surface area contributed by atoms with E-state index in [1.165, 1.54) is 6.33 Å². The standard InChI is InChI=1S/C17H17N5O2/c1-8-3-4-11(23)9(2)14(8)22-15(18)13-12-10(5-6-19-17(13)24)20-7-21-16(12)22/h3-4,7,23H,5-6,18H2,1-2H3,(H,19,24). The number of rotatable bonds is 1. The third-order valence-electron chi connectivity index (χ3n) is 4.57. The van der Waals surface area contributed by atoms with E-state index in [-0.39, 0.29) is 11.7 Å². The minimum absolute atomic E-state index is 0.171. The van der Waals surface area contributed by atoms with Gasteiger partial charge in [-0.3, -0.25) is 9.36 Å². The van der Waals surface area contributed by atoms with Crippen LogP contribution in [-0.4, -0.2) is 32.1 Å². The molecule has 3 aromatic rings. The number of phenolic OH excluding ortho intramolecular Hbond substituents is 1. The normalized spacial score (nSPS) is 13.8. The summed E-state index contributed by atoms with van der Waals surface area (Å²) in [5.74, 6) is 0.257. The van der Waals surface area contributed by atoms with E-state index in [2.05, 4.69) is 15.3 Å². The third kappa shape index (κ3) is 1.81. The minimum atomic E-state index is -0.222. The molecule has 0 unspecified atom stereocenters. The summed E-state index contributed by atoms with van der Waals surface area (Å²) >= 11 is 0. The van der Waals surface area contributed by atoms with Crippen molar-refractivity contribution in [3.05, 3.63) is 40.8 Å². The summed E-state index contributed by atoms with van der Waals surface area (Å²) in [5.41, 5.74) is 10.5. The number of nitrogens with two attached hydrogens (primary N) is 1. The van der Waals surface area contributed by atoms with Crippen molar-refractivity contribution in [2.75, 3.05) is 12.3 Å². The summed E-state index contributed by atoms with van der Waals surface area (Å²) in [6, 6.07) is 3.46. The molecule has 122 valence electrons. The number of hydrogen-bond donors (Lipinski definition) is 3. The summed E-state index contributed by atoms with van der Waals surface area (Å²) in [7, 11) is 0. The van der Waals surface area contributed by atoms with Crippen LogP contribution in [0.5, 0.6) is 5.75 Å². The SMILES string of the molecule is Cc1ccc(O)c(C)c1-n1c(N)c2c3c(ncnc31)CCNC2=O. The molecule has 0 atom stereocenters. The fourth-order valence-electron chi connectivity index (χ4n) is 3.39. The van der Waals surface area contributed by atoms with E-state index in [4.69, 9.17) is 5.73 Å². The molecule has 0 fully saturated rings. The van der Waals surface area contributed by atoms with Crippen molar-refractivity contribution in [1.29, 1.82) is 0 Å². The van der Waals surface area contributed by atoms with Crippen molar-refractivity contribution < 1.29 is 9.90 Å². The highest BCUT2D eigenvalue weighted by Gasteiger charge is 2.28. The second kappa shape index (κ2) is 4.95. The number of aromatic nitrogens is 3.